The summed E-state index contributed by atoms with van der Waals surface area (Å²) < 4.78 is -0.0952. The van der Waals surface area contributed by atoms with Crippen LogP contribution in [0, 0.1) is 0 Å². The van der Waals surface area contributed by atoms with E-state index < -0.39 is 0 Å². The number of amides is 1. The minimum absolute atomic E-state index is 0.0810. The zero-order valence-electron chi connectivity index (χ0n) is 7.30. The van der Waals surface area contributed by atoms with Crippen molar-refractivity contribution in [2.75, 3.05) is 0 Å². The summed E-state index contributed by atoms with van der Waals surface area (Å²) in [6.07, 6.45) is 8.53. The smallest absolute Gasteiger partial charge is 0.228 e. The van der Waals surface area contributed by atoms with Crippen LogP contribution < -0.4 is 5.32 Å². The Kier molecular flexibility index (Phi) is 1.91. The molecule has 0 bridgehead atoms. The first-order chi connectivity index (χ1) is 6.07. The SMILES string of the molecule is CC1(Br)C=CC2=C(C=C1)NC(=O)C2. The molecule has 13 heavy (non-hydrogen) atoms. The highest BCUT2D eigenvalue weighted by Gasteiger charge is 2.22. The van der Waals surface area contributed by atoms with Crippen molar-refractivity contribution in [3.63, 3.8) is 0 Å². The average molecular weight is 240 g/mol. The number of hydrogen-bond acceptors (Lipinski definition) is 1. The van der Waals surface area contributed by atoms with Gasteiger partial charge in [0.2, 0.25) is 5.91 Å². The molecule has 0 aromatic heterocycles. The summed E-state index contributed by atoms with van der Waals surface area (Å²) in [6.45, 7) is 2.06. The number of rotatable bonds is 0. The van der Waals surface area contributed by atoms with Gasteiger partial charge in [0, 0.05) is 5.70 Å². The quantitative estimate of drug-likeness (QED) is 0.645. The molecule has 1 N–H and O–H groups in total. The second kappa shape index (κ2) is 2.84. The third-order valence-electron chi connectivity index (χ3n) is 2.16. The topological polar surface area (TPSA) is 29.1 Å². The Morgan fingerprint density at radius 3 is 2.92 bits per heavy atom. The van der Waals surface area contributed by atoms with Crippen LogP contribution in [0.2, 0.25) is 0 Å². The molecule has 1 heterocycles. The summed E-state index contributed by atoms with van der Waals surface area (Å²) in [4.78, 5) is 11.1. The molecule has 0 fully saturated rings. The van der Waals surface area contributed by atoms with Crippen molar-refractivity contribution >= 4 is 21.8 Å². The van der Waals surface area contributed by atoms with Crippen LogP contribution in [0.5, 0.6) is 0 Å². The lowest BCUT2D eigenvalue weighted by Gasteiger charge is -2.10. The molecule has 1 amide bonds. The van der Waals surface area contributed by atoms with Crippen LogP contribution in [0.25, 0.3) is 0 Å². The van der Waals surface area contributed by atoms with E-state index in [0.29, 0.717) is 6.42 Å². The van der Waals surface area contributed by atoms with Crippen molar-refractivity contribution in [1.82, 2.24) is 5.32 Å². The van der Waals surface area contributed by atoms with Crippen molar-refractivity contribution in [3.05, 3.63) is 35.6 Å². The molecule has 0 spiro atoms. The maximum absolute atomic E-state index is 11.1. The van der Waals surface area contributed by atoms with Crippen molar-refractivity contribution < 1.29 is 4.79 Å². The third-order valence-corrected chi connectivity index (χ3v) is 2.69. The Labute approximate surface area is 85.5 Å². The van der Waals surface area contributed by atoms with Crippen molar-refractivity contribution in [1.29, 1.82) is 0 Å². The van der Waals surface area contributed by atoms with E-state index in [1.807, 2.05) is 24.3 Å². The Bertz CT molecular complexity index is 320. The van der Waals surface area contributed by atoms with Gasteiger partial charge >= 0.3 is 0 Å². The van der Waals surface area contributed by atoms with Gasteiger partial charge in [-0.3, -0.25) is 4.79 Å². The van der Waals surface area contributed by atoms with Crippen LogP contribution in [0.4, 0.5) is 0 Å². The Balaban J connectivity index is 2.34. The first kappa shape index (κ1) is 8.75. The molecule has 0 aromatic rings. The fourth-order valence-electron chi connectivity index (χ4n) is 1.41. The monoisotopic (exact) mass is 239 g/mol. The van der Waals surface area contributed by atoms with Crippen molar-refractivity contribution in [2.45, 2.75) is 17.7 Å². The third kappa shape index (κ3) is 1.75. The summed E-state index contributed by atoms with van der Waals surface area (Å²) in [5.41, 5.74) is 2.01. The van der Waals surface area contributed by atoms with Crippen LogP contribution >= 0.6 is 15.9 Å². The average Bonchev–Trinajstić information content (AvgIpc) is 2.34. The van der Waals surface area contributed by atoms with Gasteiger partial charge in [0.1, 0.15) is 0 Å². The highest BCUT2D eigenvalue weighted by atomic mass is 79.9. The summed E-state index contributed by atoms with van der Waals surface area (Å²) in [5.74, 6) is 0.0810. The van der Waals surface area contributed by atoms with Gasteiger partial charge in [0.05, 0.1) is 10.7 Å². The Morgan fingerprint density at radius 2 is 2.15 bits per heavy atom. The number of carbonyl (C=O) groups is 1. The van der Waals surface area contributed by atoms with Crippen LogP contribution in [0.15, 0.2) is 35.6 Å². The Morgan fingerprint density at radius 1 is 1.46 bits per heavy atom. The Hall–Kier alpha value is -0.830. The molecule has 2 nitrogen and oxygen atoms in total. The number of nitrogens with one attached hydrogen (secondary N) is 1. The maximum Gasteiger partial charge on any atom is 0.228 e. The molecule has 1 aliphatic carbocycles. The first-order valence-corrected chi connectivity index (χ1v) is 4.96. The van der Waals surface area contributed by atoms with E-state index in [4.69, 9.17) is 0 Å². The fourth-order valence-corrected chi connectivity index (χ4v) is 1.67. The normalized spacial score (nSPS) is 31.7. The van der Waals surface area contributed by atoms with Crippen LogP contribution in [-0.2, 0) is 4.79 Å². The largest absolute Gasteiger partial charge is 0.326 e. The van der Waals surface area contributed by atoms with Gasteiger partial charge < -0.3 is 5.32 Å². The lowest BCUT2D eigenvalue weighted by molar-refractivity contribution is -0.118. The van der Waals surface area contributed by atoms with E-state index in [1.165, 1.54) is 0 Å². The standard InChI is InChI=1S/C10H10BrNO/c1-10(11)4-2-7-6-9(13)12-8(7)3-5-10/h2-5H,6H2,1H3,(H,12,13). The number of hydrogen-bond donors (Lipinski definition) is 1. The molecule has 68 valence electrons. The van der Waals surface area contributed by atoms with Gasteiger partial charge in [0.25, 0.3) is 0 Å². The minimum Gasteiger partial charge on any atom is -0.326 e. The van der Waals surface area contributed by atoms with Crippen LogP contribution in [-0.4, -0.2) is 10.2 Å². The summed E-state index contributed by atoms with van der Waals surface area (Å²) in [5, 5.41) is 2.82. The summed E-state index contributed by atoms with van der Waals surface area (Å²) >= 11 is 3.55. The van der Waals surface area contributed by atoms with Gasteiger partial charge in [0.15, 0.2) is 0 Å². The zero-order valence-corrected chi connectivity index (χ0v) is 8.89. The van der Waals surface area contributed by atoms with Gasteiger partial charge in [-0.25, -0.2) is 0 Å². The molecule has 2 aliphatic rings. The minimum atomic E-state index is -0.0952. The molecular weight excluding hydrogens is 230 g/mol. The highest BCUT2D eigenvalue weighted by Crippen LogP contribution is 2.28. The van der Waals surface area contributed by atoms with Crippen molar-refractivity contribution in [2.24, 2.45) is 0 Å². The van der Waals surface area contributed by atoms with E-state index >= 15 is 0 Å². The lowest BCUT2D eigenvalue weighted by atomic mass is 10.1. The van der Waals surface area contributed by atoms with Crippen LogP contribution in [0.1, 0.15) is 13.3 Å². The van der Waals surface area contributed by atoms with E-state index in [9.17, 15) is 4.79 Å². The molecule has 3 heteroatoms. The number of alkyl halides is 1. The first-order valence-electron chi connectivity index (χ1n) is 4.17. The molecular formula is C10H10BrNO. The second-order valence-electron chi connectivity index (χ2n) is 3.48. The molecule has 1 atom stereocenters. The number of allylic oxidation sites excluding steroid dienone is 4. The molecule has 0 saturated carbocycles. The van der Waals surface area contributed by atoms with E-state index in [1.54, 1.807) is 0 Å². The van der Waals surface area contributed by atoms with Crippen LogP contribution in [0.3, 0.4) is 0 Å². The fraction of sp³-hybridized carbons (Fsp3) is 0.300. The van der Waals surface area contributed by atoms with E-state index in [0.717, 1.165) is 11.3 Å². The van der Waals surface area contributed by atoms with Gasteiger partial charge in [-0.15, -0.1) is 0 Å². The number of halogens is 1. The zero-order chi connectivity index (χ0) is 9.47. The maximum atomic E-state index is 11.1. The predicted molar refractivity (Wildman–Crippen MR) is 55.4 cm³/mol. The van der Waals surface area contributed by atoms with E-state index in [2.05, 4.69) is 28.2 Å². The van der Waals surface area contributed by atoms with Gasteiger partial charge in [-0.05, 0) is 18.6 Å². The lowest BCUT2D eigenvalue weighted by Crippen LogP contribution is -2.14. The highest BCUT2D eigenvalue weighted by molar-refractivity contribution is 9.10. The molecule has 1 aliphatic heterocycles. The second-order valence-corrected chi connectivity index (χ2v) is 5.19. The molecule has 0 saturated heterocycles. The predicted octanol–water partition coefficient (Wildman–Crippen LogP) is 2.04. The van der Waals surface area contributed by atoms with Gasteiger partial charge in [-0.1, -0.05) is 34.2 Å². The molecule has 0 radical (unpaired) electrons. The molecule has 0 aromatic carbocycles. The molecule has 1 unspecified atom stereocenters. The summed E-state index contributed by atoms with van der Waals surface area (Å²) in [7, 11) is 0. The van der Waals surface area contributed by atoms with E-state index in [-0.39, 0.29) is 10.2 Å². The van der Waals surface area contributed by atoms with Gasteiger partial charge in [-0.2, -0.15) is 0 Å². The van der Waals surface area contributed by atoms with Crippen molar-refractivity contribution in [3.8, 4) is 0 Å². The molecule has 2 rings (SSSR count). The summed E-state index contributed by atoms with van der Waals surface area (Å²) in [6, 6.07) is 0. The number of carbonyl (C=O) groups excluding carboxylic acids is 1.